The summed E-state index contributed by atoms with van der Waals surface area (Å²) in [4.78, 5) is -0.0782. The molecule has 1 aliphatic carbocycles. The highest BCUT2D eigenvalue weighted by molar-refractivity contribution is 7.89. The van der Waals surface area contributed by atoms with Crippen molar-refractivity contribution in [3.63, 3.8) is 0 Å². The quantitative estimate of drug-likeness (QED) is 0.846. The van der Waals surface area contributed by atoms with Crippen molar-refractivity contribution < 1.29 is 17.9 Å². The van der Waals surface area contributed by atoms with Gasteiger partial charge in [-0.2, -0.15) is 0 Å². The van der Waals surface area contributed by atoms with Crippen LogP contribution in [-0.2, 0) is 10.0 Å². The lowest BCUT2D eigenvalue weighted by molar-refractivity contribution is 0.155. The van der Waals surface area contributed by atoms with Gasteiger partial charge in [0.15, 0.2) is 0 Å². The van der Waals surface area contributed by atoms with Gasteiger partial charge >= 0.3 is 0 Å². The maximum atomic E-state index is 13.1. The van der Waals surface area contributed by atoms with E-state index in [1.54, 1.807) is 6.92 Å². The fourth-order valence-corrected chi connectivity index (χ4v) is 3.09. The number of hydrogen-bond acceptors (Lipinski definition) is 3. The van der Waals surface area contributed by atoms with E-state index in [2.05, 4.69) is 4.72 Å². The molecule has 0 aliphatic heterocycles. The predicted molar refractivity (Wildman–Crippen MR) is 65.1 cm³/mol. The first-order valence-electron chi connectivity index (χ1n) is 5.84. The molecular formula is C12H16FNO3S. The summed E-state index contributed by atoms with van der Waals surface area (Å²) < 4.78 is 39.3. The third-order valence-corrected chi connectivity index (χ3v) is 4.65. The molecule has 1 aromatic carbocycles. The molecule has 1 aliphatic rings. The first kappa shape index (κ1) is 13.5. The van der Waals surface area contributed by atoms with Gasteiger partial charge in [-0.1, -0.05) is 6.07 Å². The largest absolute Gasteiger partial charge is 0.391 e. The van der Waals surface area contributed by atoms with Crippen LogP contribution in [-0.4, -0.2) is 26.2 Å². The van der Waals surface area contributed by atoms with Crippen LogP contribution in [0.5, 0.6) is 0 Å². The van der Waals surface area contributed by atoms with Crippen molar-refractivity contribution in [2.24, 2.45) is 5.92 Å². The Labute approximate surface area is 106 Å². The van der Waals surface area contributed by atoms with E-state index in [1.807, 2.05) is 0 Å². The Morgan fingerprint density at radius 3 is 2.78 bits per heavy atom. The van der Waals surface area contributed by atoms with Gasteiger partial charge in [0.25, 0.3) is 0 Å². The van der Waals surface area contributed by atoms with Gasteiger partial charge in [-0.05, 0) is 43.4 Å². The molecule has 100 valence electrons. The lowest BCUT2D eigenvalue weighted by atomic mass is 10.2. The molecule has 0 aromatic heterocycles. The molecule has 0 spiro atoms. The zero-order valence-electron chi connectivity index (χ0n) is 10.1. The SMILES string of the molecule is Cc1ccc(F)cc1S(=O)(=O)NCC(O)C1CC1. The minimum absolute atomic E-state index is 0.0248. The fourth-order valence-electron chi connectivity index (χ4n) is 1.78. The van der Waals surface area contributed by atoms with Crippen molar-refractivity contribution in [2.45, 2.75) is 30.8 Å². The van der Waals surface area contributed by atoms with Gasteiger partial charge in [-0.15, -0.1) is 0 Å². The molecule has 1 fully saturated rings. The van der Waals surface area contributed by atoms with Crippen LogP contribution in [0, 0.1) is 18.7 Å². The molecule has 0 bridgehead atoms. The van der Waals surface area contributed by atoms with Gasteiger partial charge in [-0.3, -0.25) is 0 Å². The maximum absolute atomic E-state index is 13.1. The predicted octanol–water partition coefficient (Wildman–Crippen LogP) is 1.18. The lowest BCUT2D eigenvalue weighted by Crippen LogP contribution is -2.33. The van der Waals surface area contributed by atoms with Crippen LogP contribution in [0.1, 0.15) is 18.4 Å². The molecule has 0 amide bonds. The van der Waals surface area contributed by atoms with E-state index in [0.717, 1.165) is 18.9 Å². The van der Waals surface area contributed by atoms with Crippen molar-refractivity contribution >= 4 is 10.0 Å². The van der Waals surface area contributed by atoms with E-state index in [-0.39, 0.29) is 17.4 Å². The summed E-state index contributed by atoms with van der Waals surface area (Å²) >= 11 is 0. The van der Waals surface area contributed by atoms with Gasteiger partial charge in [0.2, 0.25) is 10.0 Å². The van der Waals surface area contributed by atoms with Crippen LogP contribution in [0.2, 0.25) is 0 Å². The zero-order chi connectivity index (χ0) is 13.3. The van der Waals surface area contributed by atoms with Crippen LogP contribution in [0.4, 0.5) is 4.39 Å². The van der Waals surface area contributed by atoms with Crippen molar-refractivity contribution in [3.05, 3.63) is 29.6 Å². The summed E-state index contributed by atoms with van der Waals surface area (Å²) in [5.74, 6) is -0.398. The average molecular weight is 273 g/mol. The smallest absolute Gasteiger partial charge is 0.241 e. The normalized spacial score (nSPS) is 17.7. The molecule has 6 heteroatoms. The van der Waals surface area contributed by atoms with E-state index in [0.29, 0.717) is 5.56 Å². The minimum Gasteiger partial charge on any atom is -0.391 e. The van der Waals surface area contributed by atoms with E-state index < -0.39 is 21.9 Å². The van der Waals surface area contributed by atoms with E-state index in [1.165, 1.54) is 12.1 Å². The molecule has 1 saturated carbocycles. The van der Waals surface area contributed by atoms with Crippen LogP contribution < -0.4 is 4.72 Å². The fraction of sp³-hybridized carbons (Fsp3) is 0.500. The molecule has 4 nitrogen and oxygen atoms in total. The number of rotatable bonds is 5. The number of aliphatic hydroxyl groups is 1. The van der Waals surface area contributed by atoms with Crippen molar-refractivity contribution in [3.8, 4) is 0 Å². The highest BCUT2D eigenvalue weighted by Gasteiger charge is 2.30. The van der Waals surface area contributed by atoms with Crippen LogP contribution in [0.15, 0.2) is 23.1 Å². The average Bonchev–Trinajstić information content (AvgIpc) is 3.13. The number of benzene rings is 1. The third-order valence-electron chi connectivity index (χ3n) is 3.09. The number of nitrogens with one attached hydrogen (secondary N) is 1. The molecule has 1 unspecified atom stereocenters. The van der Waals surface area contributed by atoms with Gasteiger partial charge < -0.3 is 5.11 Å². The van der Waals surface area contributed by atoms with Gasteiger partial charge in [-0.25, -0.2) is 17.5 Å². The lowest BCUT2D eigenvalue weighted by Gasteiger charge is -2.12. The molecule has 2 N–H and O–H groups in total. The summed E-state index contributed by atoms with van der Waals surface area (Å²) in [6, 6.07) is 3.62. The second-order valence-electron chi connectivity index (χ2n) is 4.67. The number of sulfonamides is 1. The summed E-state index contributed by atoms with van der Waals surface area (Å²) in [5.41, 5.74) is 0.477. The Balaban J connectivity index is 2.11. The minimum atomic E-state index is -3.76. The second-order valence-corrected chi connectivity index (χ2v) is 6.40. The summed E-state index contributed by atoms with van der Waals surface area (Å²) in [5, 5.41) is 9.62. The standard InChI is InChI=1S/C12H16FNO3S/c1-8-2-5-10(13)6-12(8)18(16,17)14-7-11(15)9-3-4-9/h2,5-6,9,11,14-15H,3-4,7H2,1H3. The summed E-state index contributed by atoms with van der Waals surface area (Å²) in [6.07, 6.45) is 1.21. The zero-order valence-corrected chi connectivity index (χ0v) is 10.9. The Bertz CT molecular complexity index is 540. The van der Waals surface area contributed by atoms with Gasteiger partial charge in [0.05, 0.1) is 11.0 Å². The second kappa shape index (κ2) is 4.95. The van der Waals surface area contributed by atoms with E-state index in [4.69, 9.17) is 0 Å². The van der Waals surface area contributed by atoms with E-state index >= 15 is 0 Å². The first-order valence-corrected chi connectivity index (χ1v) is 7.32. The Morgan fingerprint density at radius 1 is 1.50 bits per heavy atom. The topological polar surface area (TPSA) is 66.4 Å². The molecule has 0 heterocycles. The molecule has 1 aromatic rings. The van der Waals surface area contributed by atoms with Crippen LogP contribution in [0.3, 0.4) is 0 Å². The van der Waals surface area contributed by atoms with Crippen molar-refractivity contribution in [1.82, 2.24) is 4.72 Å². The monoisotopic (exact) mass is 273 g/mol. The maximum Gasteiger partial charge on any atom is 0.241 e. The molecule has 2 rings (SSSR count). The highest BCUT2D eigenvalue weighted by atomic mass is 32.2. The number of halogens is 1. The number of aryl methyl sites for hydroxylation is 1. The summed E-state index contributed by atoms with van der Waals surface area (Å²) in [7, 11) is -3.76. The molecule has 0 saturated heterocycles. The third kappa shape index (κ3) is 3.07. The molecule has 1 atom stereocenters. The molecule has 0 radical (unpaired) electrons. The van der Waals surface area contributed by atoms with Crippen molar-refractivity contribution in [2.75, 3.05) is 6.54 Å². The molecular weight excluding hydrogens is 257 g/mol. The van der Waals surface area contributed by atoms with Gasteiger partial charge in [0, 0.05) is 6.54 Å². The Kier molecular flexibility index (Phi) is 3.70. The summed E-state index contributed by atoms with van der Waals surface area (Å²) in [6.45, 7) is 1.58. The van der Waals surface area contributed by atoms with E-state index in [9.17, 15) is 17.9 Å². The number of hydrogen-bond donors (Lipinski definition) is 2. The Hall–Kier alpha value is -0.980. The number of aliphatic hydroxyl groups excluding tert-OH is 1. The van der Waals surface area contributed by atoms with Crippen LogP contribution >= 0.6 is 0 Å². The van der Waals surface area contributed by atoms with Crippen molar-refractivity contribution in [1.29, 1.82) is 0 Å². The highest BCUT2D eigenvalue weighted by Crippen LogP contribution is 2.32. The first-order chi connectivity index (χ1) is 8.40. The van der Waals surface area contributed by atoms with Crippen LogP contribution in [0.25, 0.3) is 0 Å². The van der Waals surface area contributed by atoms with Gasteiger partial charge in [0.1, 0.15) is 5.82 Å². The molecule has 18 heavy (non-hydrogen) atoms. The Morgan fingerprint density at radius 2 is 2.17 bits per heavy atom.